The van der Waals surface area contributed by atoms with Crippen LogP contribution in [-0.4, -0.2) is 23.6 Å². The molecule has 0 saturated carbocycles. The number of nitrogens with one attached hydrogen (secondary N) is 1. The van der Waals surface area contributed by atoms with Crippen LogP contribution in [0.5, 0.6) is 0 Å². The van der Waals surface area contributed by atoms with E-state index in [1.807, 2.05) is 66.1 Å². The summed E-state index contributed by atoms with van der Waals surface area (Å²) in [4.78, 5) is 28.0. The van der Waals surface area contributed by atoms with Crippen molar-refractivity contribution in [2.45, 2.75) is 49.8 Å². The largest absolute Gasteiger partial charge is 0.349 e. The van der Waals surface area contributed by atoms with E-state index in [9.17, 15) is 9.59 Å². The highest BCUT2D eigenvalue weighted by atomic mass is 32.2. The quantitative estimate of drug-likeness (QED) is 0.848. The number of thioether (sulfide) groups is 1. The Morgan fingerprint density at radius 3 is 2.59 bits per heavy atom. The van der Waals surface area contributed by atoms with E-state index < -0.39 is 0 Å². The molecule has 2 amide bonds. The van der Waals surface area contributed by atoms with E-state index in [0.717, 1.165) is 28.1 Å². The van der Waals surface area contributed by atoms with Crippen molar-refractivity contribution in [3.63, 3.8) is 0 Å². The normalized spacial score (nSPS) is 17.6. The van der Waals surface area contributed by atoms with Crippen molar-refractivity contribution < 1.29 is 9.59 Å². The number of carbonyl (C=O) groups excluding carboxylic acids is 2. The summed E-state index contributed by atoms with van der Waals surface area (Å²) in [6.45, 7) is 6.41. The van der Waals surface area contributed by atoms with E-state index in [1.165, 1.54) is 6.92 Å². The zero-order chi connectivity index (χ0) is 19.4. The monoisotopic (exact) mass is 382 g/mol. The number of rotatable bonds is 4. The average Bonchev–Trinajstić information content (AvgIpc) is 2.79. The first-order chi connectivity index (χ1) is 12.9. The number of hydrogen-bond donors (Lipinski definition) is 1. The molecule has 1 aliphatic rings. The van der Waals surface area contributed by atoms with Gasteiger partial charge >= 0.3 is 0 Å². The zero-order valence-electron chi connectivity index (χ0n) is 16.1. The summed E-state index contributed by atoms with van der Waals surface area (Å²) in [6.07, 6.45) is 1.19. The maximum atomic E-state index is 13.2. The standard InChI is InChI=1S/C22H26N2O2S/c1-15-8-10-18(11-9-15)19(23-17(3)25)14-22(26)24-13-12-16(2)27-21-7-5-4-6-20(21)24/h4-11,16,19H,12-14H2,1-3H3,(H,23,25). The number of fused-ring (bicyclic) bond motifs is 1. The molecule has 1 N–H and O–H groups in total. The summed E-state index contributed by atoms with van der Waals surface area (Å²) in [5.74, 6) is -0.0923. The van der Waals surface area contributed by atoms with Crippen LogP contribution in [-0.2, 0) is 9.59 Å². The molecule has 27 heavy (non-hydrogen) atoms. The van der Waals surface area contributed by atoms with Gasteiger partial charge in [-0.2, -0.15) is 0 Å². The number of nitrogens with zero attached hydrogens (tertiary/aromatic N) is 1. The van der Waals surface area contributed by atoms with Crippen LogP contribution in [0.2, 0.25) is 0 Å². The van der Waals surface area contributed by atoms with Crippen LogP contribution in [0.4, 0.5) is 5.69 Å². The van der Waals surface area contributed by atoms with Gasteiger partial charge in [0.1, 0.15) is 0 Å². The lowest BCUT2D eigenvalue weighted by molar-refractivity contribution is -0.121. The Morgan fingerprint density at radius 2 is 1.89 bits per heavy atom. The summed E-state index contributed by atoms with van der Waals surface area (Å²) < 4.78 is 0. The summed E-state index contributed by atoms with van der Waals surface area (Å²) in [5, 5.41) is 3.41. The van der Waals surface area contributed by atoms with Gasteiger partial charge in [0.05, 0.1) is 18.2 Å². The maximum Gasteiger partial charge on any atom is 0.229 e. The molecule has 0 aromatic heterocycles. The van der Waals surface area contributed by atoms with Gasteiger partial charge in [0.25, 0.3) is 0 Å². The molecule has 0 saturated heterocycles. The number of para-hydroxylation sites is 1. The SMILES string of the molecule is CC(=O)NC(CC(=O)N1CCC(C)Sc2ccccc21)c1ccc(C)cc1. The lowest BCUT2D eigenvalue weighted by Crippen LogP contribution is -2.36. The zero-order valence-corrected chi connectivity index (χ0v) is 16.9. The third-order valence-electron chi connectivity index (χ3n) is 4.78. The Morgan fingerprint density at radius 1 is 1.19 bits per heavy atom. The lowest BCUT2D eigenvalue weighted by Gasteiger charge is -2.26. The minimum atomic E-state index is -0.323. The molecule has 1 heterocycles. The van der Waals surface area contributed by atoms with E-state index >= 15 is 0 Å². The Labute approximate surface area is 165 Å². The van der Waals surface area contributed by atoms with Crippen LogP contribution in [0.3, 0.4) is 0 Å². The molecule has 4 nitrogen and oxygen atoms in total. The van der Waals surface area contributed by atoms with Crippen molar-refractivity contribution in [3.05, 3.63) is 59.7 Å². The van der Waals surface area contributed by atoms with Crippen LogP contribution >= 0.6 is 11.8 Å². The molecule has 0 aliphatic carbocycles. The van der Waals surface area contributed by atoms with Gasteiger partial charge in [-0.15, -0.1) is 11.8 Å². The maximum absolute atomic E-state index is 13.2. The second-order valence-corrected chi connectivity index (χ2v) is 8.58. The number of aryl methyl sites for hydroxylation is 1. The lowest BCUT2D eigenvalue weighted by atomic mass is 10.0. The van der Waals surface area contributed by atoms with Gasteiger partial charge < -0.3 is 10.2 Å². The first kappa shape index (κ1) is 19.5. The van der Waals surface area contributed by atoms with Crippen molar-refractivity contribution >= 4 is 29.3 Å². The highest BCUT2D eigenvalue weighted by molar-refractivity contribution is 8.00. The van der Waals surface area contributed by atoms with E-state index in [-0.39, 0.29) is 24.3 Å². The average molecular weight is 383 g/mol. The minimum Gasteiger partial charge on any atom is -0.349 e. The first-order valence-corrected chi connectivity index (χ1v) is 10.2. The Hall–Kier alpha value is -2.27. The van der Waals surface area contributed by atoms with Crippen molar-refractivity contribution in [3.8, 4) is 0 Å². The van der Waals surface area contributed by atoms with E-state index in [1.54, 1.807) is 0 Å². The molecule has 2 aromatic carbocycles. The van der Waals surface area contributed by atoms with Gasteiger partial charge in [0.2, 0.25) is 11.8 Å². The fourth-order valence-electron chi connectivity index (χ4n) is 3.33. The minimum absolute atomic E-state index is 0.0384. The fraction of sp³-hybridized carbons (Fsp3) is 0.364. The molecule has 0 spiro atoms. The number of anilines is 1. The van der Waals surface area contributed by atoms with Gasteiger partial charge in [-0.25, -0.2) is 0 Å². The summed E-state index contributed by atoms with van der Waals surface area (Å²) in [7, 11) is 0. The topological polar surface area (TPSA) is 49.4 Å². The second-order valence-electron chi connectivity index (χ2n) is 7.10. The molecule has 0 radical (unpaired) electrons. The molecule has 2 aromatic rings. The smallest absolute Gasteiger partial charge is 0.229 e. The summed E-state index contributed by atoms with van der Waals surface area (Å²) >= 11 is 1.82. The van der Waals surface area contributed by atoms with Gasteiger partial charge in [-0.3, -0.25) is 9.59 Å². The molecular weight excluding hydrogens is 356 g/mol. The van der Waals surface area contributed by atoms with E-state index in [2.05, 4.69) is 18.3 Å². The summed E-state index contributed by atoms with van der Waals surface area (Å²) in [5.41, 5.74) is 3.08. The number of amides is 2. The predicted octanol–water partition coefficient (Wildman–Crippen LogP) is 4.48. The van der Waals surface area contributed by atoms with Gasteiger partial charge in [-0.05, 0) is 31.0 Å². The van der Waals surface area contributed by atoms with Gasteiger partial charge in [0, 0.05) is 23.6 Å². The number of benzene rings is 2. The predicted molar refractivity (Wildman–Crippen MR) is 111 cm³/mol. The molecule has 2 unspecified atom stereocenters. The van der Waals surface area contributed by atoms with Crippen LogP contribution in [0.25, 0.3) is 0 Å². The first-order valence-electron chi connectivity index (χ1n) is 9.33. The fourth-order valence-corrected chi connectivity index (χ4v) is 4.44. The van der Waals surface area contributed by atoms with E-state index in [0.29, 0.717) is 11.8 Å². The Balaban J connectivity index is 1.85. The highest BCUT2D eigenvalue weighted by Crippen LogP contribution is 2.37. The highest BCUT2D eigenvalue weighted by Gasteiger charge is 2.26. The number of hydrogen-bond acceptors (Lipinski definition) is 3. The second kappa shape index (κ2) is 8.61. The molecule has 2 atom stereocenters. The van der Waals surface area contributed by atoms with Crippen molar-refractivity contribution in [2.75, 3.05) is 11.4 Å². The van der Waals surface area contributed by atoms with Crippen LogP contribution in [0.15, 0.2) is 53.4 Å². The van der Waals surface area contributed by atoms with Gasteiger partial charge in [0.15, 0.2) is 0 Å². The van der Waals surface area contributed by atoms with E-state index in [4.69, 9.17) is 0 Å². The van der Waals surface area contributed by atoms with Gasteiger partial charge in [-0.1, -0.05) is 48.9 Å². The Kier molecular flexibility index (Phi) is 6.22. The van der Waals surface area contributed by atoms with Crippen LogP contribution in [0.1, 0.15) is 43.9 Å². The van der Waals surface area contributed by atoms with Crippen LogP contribution < -0.4 is 10.2 Å². The molecule has 1 aliphatic heterocycles. The van der Waals surface area contributed by atoms with Crippen molar-refractivity contribution in [1.82, 2.24) is 5.32 Å². The van der Waals surface area contributed by atoms with Crippen molar-refractivity contribution in [2.24, 2.45) is 0 Å². The molecule has 142 valence electrons. The number of carbonyl (C=O) groups is 2. The molecule has 0 fully saturated rings. The van der Waals surface area contributed by atoms with Crippen molar-refractivity contribution in [1.29, 1.82) is 0 Å². The molecule has 0 bridgehead atoms. The third-order valence-corrected chi connectivity index (χ3v) is 6.02. The Bertz CT molecular complexity index is 819. The van der Waals surface area contributed by atoms with Crippen LogP contribution in [0, 0.1) is 6.92 Å². The molecular formula is C22H26N2O2S. The third kappa shape index (κ3) is 4.92. The summed E-state index contributed by atoms with van der Waals surface area (Å²) in [6, 6.07) is 15.7. The molecule has 3 rings (SSSR count). The molecule has 5 heteroatoms.